The van der Waals surface area contributed by atoms with Gasteiger partial charge in [0.1, 0.15) is 0 Å². The van der Waals surface area contributed by atoms with Crippen molar-refractivity contribution in [3.8, 4) is 0 Å². The van der Waals surface area contributed by atoms with Crippen LogP contribution in [0.3, 0.4) is 0 Å². The van der Waals surface area contributed by atoms with Crippen molar-refractivity contribution in [3.63, 3.8) is 0 Å². The second-order valence-electron chi connectivity index (χ2n) is 1.86. The predicted octanol–water partition coefficient (Wildman–Crippen LogP) is 0.317. The van der Waals surface area contributed by atoms with Crippen LogP contribution in [-0.2, 0) is 4.79 Å². The minimum Gasteiger partial charge on any atom is -0.398 e. The van der Waals surface area contributed by atoms with Gasteiger partial charge in [-0.25, -0.2) is 0 Å². The summed E-state index contributed by atoms with van der Waals surface area (Å²) in [5.41, 5.74) is 6.12. The highest BCUT2D eigenvalue weighted by atomic mass is 16.1. The van der Waals surface area contributed by atoms with Gasteiger partial charge in [0.25, 0.3) is 5.91 Å². The second kappa shape index (κ2) is 4.33. The summed E-state index contributed by atoms with van der Waals surface area (Å²) in [4.78, 5) is 11.0. The largest absolute Gasteiger partial charge is 0.398 e. The van der Waals surface area contributed by atoms with Gasteiger partial charge in [0, 0.05) is 12.7 Å². The van der Waals surface area contributed by atoms with E-state index in [-0.39, 0.29) is 5.91 Å². The minimum absolute atomic E-state index is 0.252. The standard InChI is InChI=1S/C8H12N2O/c1-4-6(7(9)5-2)8(11)10-3/h4-5H,1-2,9H2,3H3,(H,10,11)/b7-6-. The van der Waals surface area contributed by atoms with Gasteiger partial charge in [0.2, 0.25) is 0 Å². The molecule has 1 amide bonds. The third-order valence-corrected chi connectivity index (χ3v) is 1.21. The number of carbonyl (C=O) groups excluding carboxylic acids is 1. The van der Waals surface area contributed by atoms with Gasteiger partial charge in [-0.05, 0) is 6.08 Å². The summed E-state index contributed by atoms with van der Waals surface area (Å²) < 4.78 is 0. The number of likely N-dealkylation sites (N-methyl/N-ethyl adjacent to an activating group) is 1. The highest BCUT2D eigenvalue weighted by molar-refractivity contribution is 5.96. The van der Waals surface area contributed by atoms with Crippen molar-refractivity contribution in [2.45, 2.75) is 0 Å². The van der Waals surface area contributed by atoms with Gasteiger partial charge in [-0.1, -0.05) is 19.2 Å². The van der Waals surface area contributed by atoms with Gasteiger partial charge in [0.05, 0.1) is 5.57 Å². The molecule has 0 unspecified atom stereocenters. The molecule has 0 aromatic heterocycles. The molecule has 0 aliphatic heterocycles. The Morgan fingerprint density at radius 1 is 1.45 bits per heavy atom. The van der Waals surface area contributed by atoms with Crippen LogP contribution in [0.2, 0.25) is 0 Å². The van der Waals surface area contributed by atoms with E-state index in [1.54, 1.807) is 0 Å². The van der Waals surface area contributed by atoms with Crippen molar-refractivity contribution >= 4 is 5.91 Å². The first-order valence-corrected chi connectivity index (χ1v) is 3.14. The Bertz CT molecular complexity index is 216. The molecule has 0 heterocycles. The van der Waals surface area contributed by atoms with Gasteiger partial charge in [-0.3, -0.25) is 4.79 Å². The number of nitrogens with two attached hydrogens (primary N) is 1. The summed E-state index contributed by atoms with van der Waals surface area (Å²) in [6, 6.07) is 0. The molecule has 0 aliphatic rings. The Balaban J connectivity index is 4.78. The molecule has 3 nitrogen and oxygen atoms in total. The van der Waals surface area contributed by atoms with Gasteiger partial charge >= 0.3 is 0 Å². The van der Waals surface area contributed by atoms with E-state index in [4.69, 9.17) is 5.73 Å². The van der Waals surface area contributed by atoms with Crippen molar-refractivity contribution in [1.29, 1.82) is 0 Å². The zero-order chi connectivity index (χ0) is 8.85. The molecule has 0 radical (unpaired) electrons. The number of hydrogen-bond acceptors (Lipinski definition) is 2. The molecule has 0 saturated carbocycles. The normalized spacial score (nSPS) is 11.4. The fourth-order valence-electron chi connectivity index (χ4n) is 0.586. The lowest BCUT2D eigenvalue weighted by Crippen LogP contribution is -2.21. The molecular weight excluding hydrogens is 140 g/mol. The first-order chi connectivity index (χ1) is 5.17. The SMILES string of the molecule is C=C/C(N)=C(\C=C)C(=O)NC. The molecule has 0 aliphatic carbocycles. The average Bonchev–Trinajstić information content (AvgIpc) is 2.05. The van der Waals surface area contributed by atoms with E-state index in [2.05, 4.69) is 18.5 Å². The molecule has 0 spiro atoms. The molecule has 0 atom stereocenters. The van der Waals surface area contributed by atoms with Crippen LogP contribution in [0.1, 0.15) is 0 Å². The van der Waals surface area contributed by atoms with E-state index in [0.717, 1.165) is 0 Å². The van der Waals surface area contributed by atoms with Crippen LogP contribution >= 0.6 is 0 Å². The highest BCUT2D eigenvalue weighted by Crippen LogP contribution is 2.00. The van der Waals surface area contributed by atoms with Crippen LogP contribution in [0.25, 0.3) is 0 Å². The van der Waals surface area contributed by atoms with Gasteiger partial charge in [-0.15, -0.1) is 0 Å². The summed E-state index contributed by atoms with van der Waals surface area (Å²) in [5, 5.41) is 2.44. The number of carbonyl (C=O) groups is 1. The molecule has 0 fully saturated rings. The first-order valence-electron chi connectivity index (χ1n) is 3.14. The predicted molar refractivity (Wildman–Crippen MR) is 45.7 cm³/mol. The van der Waals surface area contributed by atoms with Gasteiger partial charge in [0.15, 0.2) is 0 Å². The monoisotopic (exact) mass is 152 g/mol. The number of nitrogens with one attached hydrogen (secondary N) is 1. The van der Waals surface area contributed by atoms with E-state index in [9.17, 15) is 4.79 Å². The van der Waals surface area contributed by atoms with E-state index in [0.29, 0.717) is 11.3 Å². The van der Waals surface area contributed by atoms with Crippen molar-refractivity contribution in [3.05, 3.63) is 36.6 Å². The summed E-state index contributed by atoms with van der Waals surface area (Å²) in [7, 11) is 1.53. The van der Waals surface area contributed by atoms with E-state index in [1.807, 2.05) is 0 Å². The highest BCUT2D eigenvalue weighted by Gasteiger charge is 2.04. The minimum atomic E-state index is -0.252. The molecule has 3 heteroatoms. The summed E-state index contributed by atoms with van der Waals surface area (Å²) >= 11 is 0. The van der Waals surface area contributed by atoms with Gasteiger partial charge < -0.3 is 11.1 Å². The number of allylic oxidation sites excluding steroid dienone is 1. The maximum atomic E-state index is 11.0. The number of hydrogen-bond donors (Lipinski definition) is 2. The fraction of sp³-hybridized carbons (Fsp3) is 0.125. The van der Waals surface area contributed by atoms with Gasteiger partial charge in [-0.2, -0.15) is 0 Å². The maximum absolute atomic E-state index is 11.0. The average molecular weight is 152 g/mol. The Kier molecular flexibility index (Phi) is 3.73. The topological polar surface area (TPSA) is 55.1 Å². The van der Waals surface area contributed by atoms with Crippen molar-refractivity contribution in [2.75, 3.05) is 7.05 Å². The summed E-state index contributed by atoms with van der Waals surface area (Å²) in [6.45, 7) is 6.89. The number of amides is 1. The van der Waals surface area contributed by atoms with E-state index >= 15 is 0 Å². The van der Waals surface area contributed by atoms with Crippen molar-refractivity contribution in [1.82, 2.24) is 5.32 Å². The Morgan fingerprint density at radius 3 is 2.27 bits per heavy atom. The first kappa shape index (κ1) is 9.49. The smallest absolute Gasteiger partial charge is 0.253 e. The molecule has 60 valence electrons. The molecule has 11 heavy (non-hydrogen) atoms. The molecule has 0 rings (SSSR count). The Labute approximate surface area is 66.3 Å². The van der Waals surface area contributed by atoms with Crippen LogP contribution in [0.4, 0.5) is 0 Å². The Morgan fingerprint density at radius 2 is 2.00 bits per heavy atom. The van der Waals surface area contributed by atoms with Crippen molar-refractivity contribution < 1.29 is 4.79 Å². The van der Waals surface area contributed by atoms with Crippen LogP contribution in [-0.4, -0.2) is 13.0 Å². The third kappa shape index (κ3) is 2.29. The molecule has 0 saturated heterocycles. The van der Waals surface area contributed by atoms with E-state index in [1.165, 1.54) is 19.2 Å². The molecule has 3 N–H and O–H groups in total. The lowest BCUT2D eigenvalue weighted by molar-refractivity contribution is -0.116. The quantitative estimate of drug-likeness (QED) is 0.452. The summed E-state index contributed by atoms with van der Waals surface area (Å²) in [5.74, 6) is -0.252. The Hall–Kier alpha value is -1.51. The number of rotatable bonds is 3. The zero-order valence-corrected chi connectivity index (χ0v) is 6.55. The maximum Gasteiger partial charge on any atom is 0.253 e. The van der Waals surface area contributed by atoms with Crippen LogP contribution < -0.4 is 11.1 Å². The lowest BCUT2D eigenvalue weighted by Gasteiger charge is -2.01. The molecular formula is C8H12N2O. The van der Waals surface area contributed by atoms with Crippen molar-refractivity contribution in [2.24, 2.45) is 5.73 Å². The summed E-state index contributed by atoms with van der Waals surface area (Å²) in [6.07, 6.45) is 2.81. The van der Waals surface area contributed by atoms with Crippen LogP contribution in [0.15, 0.2) is 36.6 Å². The van der Waals surface area contributed by atoms with E-state index < -0.39 is 0 Å². The lowest BCUT2D eigenvalue weighted by atomic mass is 10.2. The molecule has 0 aromatic rings. The second-order valence-corrected chi connectivity index (χ2v) is 1.86. The van der Waals surface area contributed by atoms with Crippen LogP contribution in [0.5, 0.6) is 0 Å². The molecule has 0 aromatic carbocycles. The fourth-order valence-corrected chi connectivity index (χ4v) is 0.586. The third-order valence-electron chi connectivity index (χ3n) is 1.21. The molecule has 0 bridgehead atoms. The van der Waals surface area contributed by atoms with Crippen LogP contribution in [0, 0.1) is 0 Å². The zero-order valence-electron chi connectivity index (χ0n) is 6.55.